The van der Waals surface area contributed by atoms with Gasteiger partial charge in [0.15, 0.2) is 0 Å². The van der Waals surface area contributed by atoms with E-state index in [-0.39, 0.29) is 5.91 Å². The molecule has 0 aliphatic carbocycles. The average molecular weight is 266 g/mol. The number of nitrogens with one attached hydrogen (secondary N) is 1. The summed E-state index contributed by atoms with van der Waals surface area (Å²) in [5.41, 5.74) is 0. The maximum Gasteiger partial charge on any atom is 0.229 e. The molecule has 0 aromatic carbocycles. The highest BCUT2D eigenvalue weighted by atomic mass is 16.2. The number of amides is 1. The highest BCUT2D eigenvalue weighted by molar-refractivity contribution is 5.72. The summed E-state index contributed by atoms with van der Waals surface area (Å²) in [7, 11) is 3.65. The molecule has 0 aliphatic rings. The number of hydrogen-bond donors (Lipinski definition) is 1. The Morgan fingerprint density at radius 2 is 1.89 bits per heavy atom. The van der Waals surface area contributed by atoms with Gasteiger partial charge in [-0.15, -0.1) is 0 Å². The van der Waals surface area contributed by atoms with E-state index < -0.39 is 0 Å². The Balaban J connectivity index is 2.56. The first kappa shape index (κ1) is 15.3. The quantitative estimate of drug-likeness (QED) is 0.739. The number of aromatic nitrogens is 3. The molecule has 0 atom stereocenters. The largest absolute Gasteiger partial charge is 0.333 e. The van der Waals surface area contributed by atoms with Crippen LogP contribution >= 0.6 is 0 Å². The Hall–Kier alpha value is -1.76. The summed E-state index contributed by atoms with van der Waals surface area (Å²) in [4.78, 5) is 27.5. The van der Waals surface area contributed by atoms with Crippen LogP contribution in [0.4, 0.5) is 5.95 Å². The summed E-state index contributed by atoms with van der Waals surface area (Å²) in [6, 6.07) is 0. The summed E-state index contributed by atoms with van der Waals surface area (Å²) >= 11 is 0. The fourth-order valence-electron chi connectivity index (χ4n) is 1.42. The molecule has 19 heavy (non-hydrogen) atoms. The number of carbonyl (C=O) groups is 1. The van der Waals surface area contributed by atoms with E-state index in [0.29, 0.717) is 19.3 Å². The van der Waals surface area contributed by atoms with Crippen LogP contribution in [0.1, 0.15) is 25.5 Å². The molecule has 7 heteroatoms. The molecular weight excluding hydrogens is 244 g/mol. The third kappa shape index (κ3) is 4.78. The monoisotopic (exact) mass is 266 g/mol. The standard InChI is InChI=1S/C12H22N6O/c1-6-11-14-9(2)15-12(16-11)18(5)8-13-7-17(4)10(3)19/h13H,6-8H2,1-5H3. The van der Waals surface area contributed by atoms with Crippen LogP contribution in [-0.4, -0.2) is 53.2 Å². The number of anilines is 1. The lowest BCUT2D eigenvalue weighted by atomic mass is 10.4. The maximum atomic E-state index is 11.1. The molecule has 1 heterocycles. The van der Waals surface area contributed by atoms with E-state index in [4.69, 9.17) is 0 Å². The zero-order valence-corrected chi connectivity index (χ0v) is 12.3. The van der Waals surface area contributed by atoms with Crippen molar-refractivity contribution in [2.24, 2.45) is 0 Å². The van der Waals surface area contributed by atoms with Gasteiger partial charge >= 0.3 is 0 Å². The third-order valence-electron chi connectivity index (χ3n) is 2.67. The summed E-state index contributed by atoms with van der Waals surface area (Å²) in [6.07, 6.45) is 0.782. The second-order valence-corrected chi connectivity index (χ2v) is 4.43. The molecule has 1 aromatic heterocycles. The highest BCUT2D eigenvalue weighted by Crippen LogP contribution is 2.05. The molecule has 0 saturated carbocycles. The first-order valence-corrected chi connectivity index (χ1v) is 6.29. The molecule has 0 radical (unpaired) electrons. The summed E-state index contributed by atoms with van der Waals surface area (Å²) in [5, 5.41) is 3.15. The number of hydrogen-bond acceptors (Lipinski definition) is 6. The van der Waals surface area contributed by atoms with Crippen molar-refractivity contribution in [3.63, 3.8) is 0 Å². The first-order chi connectivity index (χ1) is 8.93. The molecule has 0 spiro atoms. The Morgan fingerprint density at radius 1 is 1.21 bits per heavy atom. The van der Waals surface area contributed by atoms with Crippen molar-refractivity contribution in [1.82, 2.24) is 25.2 Å². The smallest absolute Gasteiger partial charge is 0.229 e. The molecule has 1 N–H and O–H groups in total. The molecule has 106 valence electrons. The molecular formula is C12H22N6O. The van der Waals surface area contributed by atoms with Gasteiger partial charge < -0.3 is 9.80 Å². The van der Waals surface area contributed by atoms with Gasteiger partial charge in [0.25, 0.3) is 0 Å². The van der Waals surface area contributed by atoms with E-state index >= 15 is 0 Å². The molecule has 1 amide bonds. The third-order valence-corrected chi connectivity index (χ3v) is 2.67. The minimum atomic E-state index is 0.0272. The second kappa shape index (κ2) is 6.98. The van der Waals surface area contributed by atoms with E-state index in [2.05, 4.69) is 20.3 Å². The molecule has 1 aromatic rings. The minimum Gasteiger partial charge on any atom is -0.333 e. The average Bonchev–Trinajstić information content (AvgIpc) is 2.37. The van der Waals surface area contributed by atoms with Gasteiger partial charge in [-0.25, -0.2) is 4.98 Å². The zero-order valence-electron chi connectivity index (χ0n) is 12.3. The SMILES string of the molecule is CCc1nc(C)nc(N(C)CNCN(C)C(C)=O)n1. The Labute approximate surface area is 114 Å². The van der Waals surface area contributed by atoms with Gasteiger partial charge in [-0.2, -0.15) is 9.97 Å². The van der Waals surface area contributed by atoms with Gasteiger partial charge in [0.05, 0.1) is 13.3 Å². The number of rotatable bonds is 6. The molecule has 0 aliphatic heterocycles. The topological polar surface area (TPSA) is 74.2 Å². The number of carbonyl (C=O) groups excluding carboxylic acids is 1. The molecule has 0 fully saturated rings. The number of aryl methyl sites for hydroxylation is 2. The van der Waals surface area contributed by atoms with Gasteiger partial charge in [-0.3, -0.25) is 10.1 Å². The van der Waals surface area contributed by atoms with Crippen molar-refractivity contribution in [3.05, 3.63) is 11.6 Å². The van der Waals surface area contributed by atoms with Crippen LogP contribution < -0.4 is 10.2 Å². The lowest BCUT2D eigenvalue weighted by Gasteiger charge is -2.21. The predicted molar refractivity (Wildman–Crippen MR) is 73.7 cm³/mol. The van der Waals surface area contributed by atoms with Crippen molar-refractivity contribution in [2.75, 3.05) is 32.3 Å². The molecule has 0 saturated heterocycles. The predicted octanol–water partition coefficient (Wildman–Crippen LogP) is 0.162. The van der Waals surface area contributed by atoms with E-state index in [1.165, 1.54) is 6.92 Å². The van der Waals surface area contributed by atoms with Crippen LogP contribution in [0.3, 0.4) is 0 Å². The second-order valence-electron chi connectivity index (χ2n) is 4.43. The van der Waals surface area contributed by atoms with Gasteiger partial charge in [0, 0.05) is 27.4 Å². The van der Waals surface area contributed by atoms with Crippen molar-refractivity contribution in [3.8, 4) is 0 Å². The van der Waals surface area contributed by atoms with Crippen molar-refractivity contribution in [1.29, 1.82) is 0 Å². The fourth-order valence-corrected chi connectivity index (χ4v) is 1.42. The van der Waals surface area contributed by atoms with Crippen molar-refractivity contribution >= 4 is 11.9 Å². The van der Waals surface area contributed by atoms with Crippen molar-refractivity contribution < 1.29 is 4.79 Å². The molecule has 0 bridgehead atoms. The maximum absolute atomic E-state index is 11.1. The van der Waals surface area contributed by atoms with E-state index in [9.17, 15) is 4.79 Å². The summed E-state index contributed by atoms with van der Waals surface area (Å²) < 4.78 is 0. The van der Waals surface area contributed by atoms with E-state index in [1.54, 1.807) is 11.9 Å². The number of nitrogens with zero attached hydrogens (tertiary/aromatic N) is 5. The van der Waals surface area contributed by atoms with Gasteiger partial charge in [0.2, 0.25) is 11.9 Å². The summed E-state index contributed by atoms with van der Waals surface area (Å²) in [5.74, 6) is 2.17. The van der Waals surface area contributed by atoms with Gasteiger partial charge in [-0.05, 0) is 6.92 Å². The van der Waals surface area contributed by atoms with Crippen LogP contribution in [0.5, 0.6) is 0 Å². The fraction of sp³-hybridized carbons (Fsp3) is 0.667. The van der Waals surface area contributed by atoms with Crippen LogP contribution in [0.2, 0.25) is 0 Å². The van der Waals surface area contributed by atoms with E-state index in [1.807, 2.05) is 25.8 Å². The van der Waals surface area contributed by atoms with Crippen LogP contribution in [0.25, 0.3) is 0 Å². The first-order valence-electron chi connectivity index (χ1n) is 6.29. The molecule has 1 rings (SSSR count). The van der Waals surface area contributed by atoms with Gasteiger partial charge in [-0.1, -0.05) is 6.92 Å². The highest BCUT2D eigenvalue weighted by Gasteiger charge is 2.08. The molecule has 0 unspecified atom stereocenters. The lowest BCUT2D eigenvalue weighted by Crippen LogP contribution is -2.40. The normalized spacial score (nSPS) is 10.4. The van der Waals surface area contributed by atoms with Gasteiger partial charge in [0.1, 0.15) is 11.6 Å². The Kier molecular flexibility index (Phi) is 5.62. The van der Waals surface area contributed by atoms with E-state index in [0.717, 1.165) is 18.1 Å². The summed E-state index contributed by atoms with van der Waals surface area (Å²) in [6.45, 7) is 6.45. The Morgan fingerprint density at radius 3 is 2.47 bits per heavy atom. The van der Waals surface area contributed by atoms with Crippen molar-refractivity contribution in [2.45, 2.75) is 27.2 Å². The minimum absolute atomic E-state index is 0.0272. The molecule has 7 nitrogen and oxygen atoms in total. The lowest BCUT2D eigenvalue weighted by molar-refractivity contribution is -0.127. The van der Waals surface area contributed by atoms with Crippen LogP contribution in [-0.2, 0) is 11.2 Å². The Bertz CT molecular complexity index is 436. The zero-order chi connectivity index (χ0) is 14.4. The van der Waals surface area contributed by atoms with Crippen LogP contribution in [0, 0.1) is 6.92 Å². The van der Waals surface area contributed by atoms with Crippen LogP contribution in [0.15, 0.2) is 0 Å².